The van der Waals surface area contributed by atoms with E-state index in [1.54, 1.807) is 25.6 Å². The summed E-state index contributed by atoms with van der Waals surface area (Å²) in [6, 6.07) is 15.4. The number of hydrogen-bond donors (Lipinski definition) is 1. The van der Waals surface area contributed by atoms with Gasteiger partial charge in [-0.05, 0) is 54.8 Å². The number of halogens is 1. The van der Waals surface area contributed by atoms with Gasteiger partial charge in [-0.1, -0.05) is 35.9 Å². The molecule has 1 atom stereocenters. The van der Waals surface area contributed by atoms with E-state index in [-0.39, 0.29) is 30.5 Å². The van der Waals surface area contributed by atoms with Gasteiger partial charge in [0.1, 0.15) is 12.4 Å². The van der Waals surface area contributed by atoms with E-state index in [2.05, 4.69) is 0 Å². The molecule has 2 aromatic carbocycles. The normalized spacial score (nSPS) is 18.1. The van der Waals surface area contributed by atoms with Gasteiger partial charge in [0.15, 0.2) is 0 Å². The van der Waals surface area contributed by atoms with Crippen molar-refractivity contribution in [3.05, 3.63) is 87.2 Å². The molecule has 2 aromatic rings. The smallest absolute Gasteiger partial charge is 0.338 e. The molecule has 1 unspecified atom stereocenters. The Morgan fingerprint density at radius 1 is 1.25 bits per heavy atom. The number of benzene rings is 2. The molecule has 0 saturated heterocycles. The average molecular weight is 471 g/mol. The van der Waals surface area contributed by atoms with Gasteiger partial charge in [-0.3, -0.25) is 0 Å². The van der Waals surface area contributed by atoms with E-state index < -0.39 is 17.9 Å². The first-order chi connectivity index (χ1) is 15.3. The fourth-order valence-corrected chi connectivity index (χ4v) is 4.98. The molecule has 0 spiro atoms. The summed E-state index contributed by atoms with van der Waals surface area (Å²) >= 11 is 7.72. The van der Waals surface area contributed by atoms with Crippen molar-refractivity contribution < 1.29 is 24.2 Å². The molecular formula is C25H23ClO5S. The topological polar surface area (TPSA) is 72.8 Å². The van der Waals surface area contributed by atoms with Gasteiger partial charge in [0.25, 0.3) is 0 Å². The van der Waals surface area contributed by atoms with Crippen LogP contribution in [0.1, 0.15) is 37.3 Å². The summed E-state index contributed by atoms with van der Waals surface area (Å²) in [5.74, 6) is -1.10. The van der Waals surface area contributed by atoms with Gasteiger partial charge >= 0.3 is 11.9 Å². The lowest BCUT2D eigenvalue weighted by molar-refractivity contribution is -0.143. The number of rotatable bonds is 6. The molecule has 5 nitrogen and oxygen atoms in total. The van der Waals surface area contributed by atoms with Crippen LogP contribution in [0.2, 0.25) is 5.02 Å². The molecule has 0 bridgehead atoms. The third kappa shape index (κ3) is 4.71. The third-order valence-electron chi connectivity index (χ3n) is 5.32. The Hall–Kier alpha value is -2.70. The Kier molecular flexibility index (Phi) is 6.63. The van der Waals surface area contributed by atoms with Crippen molar-refractivity contribution in [2.45, 2.75) is 42.9 Å². The SMILES string of the molecule is CC(C)OC(=O)C1=C(O)CC2=C(C(=O)OC2)C1c1ccc(SCc2cccc(Cl)c2)cc1. The maximum atomic E-state index is 12.8. The molecule has 4 rings (SSSR count). The van der Waals surface area contributed by atoms with Gasteiger partial charge < -0.3 is 14.6 Å². The molecule has 1 heterocycles. The van der Waals surface area contributed by atoms with Crippen LogP contribution in [0.3, 0.4) is 0 Å². The molecule has 2 aliphatic rings. The van der Waals surface area contributed by atoms with Crippen molar-refractivity contribution in [2.75, 3.05) is 6.61 Å². The quantitative estimate of drug-likeness (QED) is 0.429. The summed E-state index contributed by atoms with van der Waals surface area (Å²) in [7, 11) is 0. The van der Waals surface area contributed by atoms with E-state index in [9.17, 15) is 14.7 Å². The number of carbonyl (C=O) groups excluding carboxylic acids is 2. The van der Waals surface area contributed by atoms with Crippen LogP contribution < -0.4 is 0 Å². The molecule has 0 saturated carbocycles. The van der Waals surface area contributed by atoms with Gasteiger partial charge in [0.2, 0.25) is 0 Å². The molecule has 0 radical (unpaired) electrons. The molecule has 1 N–H and O–H groups in total. The summed E-state index contributed by atoms with van der Waals surface area (Å²) in [6.07, 6.45) is -0.229. The molecule has 0 aromatic heterocycles. The first kappa shape index (κ1) is 22.5. The Morgan fingerprint density at radius 2 is 2.00 bits per heavy atom. The monoisotopic (exact) mass is 470 g/mol. The number of ether oxygens (including phenoxy) is 2. The number of aliphatic hydroxyl groups is 1. The molecule has 32 heavy (non-hydrogen) atoms. The molecule has 1 aliphatic carbocycles. The predicted octanol–water partition coefficient (Wildman–Crippen LogP) is 5.74. The van der Waals surface area contributed by atoms with E-state index >= 15 is 0 Å². The highest BCUT2D eigenvalue weighted by Crippen LogP contribution is 2.44. The highest BCUT2D eigenvalue weighted by atomic mass is 35.5. The molecule has 0 fully saturated rings. The number of thioether (sulfide) groups is 1. The number of aliphatic hydroxyl groups excluding tert-OH is 1. The lowest BCUT2D eigenvalue weighted by Gasteiger charge is -2.26. The minimum Gasteiger partial charge on any atom is -0.511 e. The second-order valence-corrected chi connectivity index (χ2v) is 9.49. The predicted molar refractivity (Wildman–Crippen MR) is 124 cm³/mol. The molecule has 1 aliphatic heterocycles. The third-order valence-corrected chi connectivity index (χ3v) is 6.64. The van der Waals surface area contributed by atoms with Crippen molar-refractivity contribution in [3.8, 4) is 0 Å². The van der Waals surface area contributed by atoms with Gasteiger partial charge in [-0.25, -0.2) is 9.59 Å². The van der Waals surface area contributed by atoms with Crippen LogP contribution in [0, 0.1) is 0 Å². The number of allylic oxidation sites excluding steroid dienone is 1. The minimum atomic E-state index is -0.716. The van der Waals surface area contributed by atoms with E-state index in [1.165, 1.54) is 0 Å². The molecular weight excluding hydrogens is 448 g/mol. The number of hydrogen-bond acceptors (Lipinski definition) is 6. The maximum Gasteiger partial charge on any atom is 0.338 e. The fourth-order valence-electron chi connectivity index (χ4n) is 3.93. The first-order valence-electron chi connectivity index (χ1n) is 10.3. The van der Waals surface area contributed by atoms with Crippen molar-refractivity contribution in [3.63, 3.8) is 0 Å². The zero-order chi connectivity index (χ0) is 22.8. The van der Waals surface area contributed by atoms with E-state index in [1.807, 2.05) is 48.5 Å². The van der Waals surface area contributed by atoms with Gasteiger partial charge in [0.05, 0.1) is 23.2 Å². The second-order valence-electron chi connectivity index (χ2n) is 8.01. The zero-order valence-corrected chi connectivity index (χ0v) is 19.3. The zero-order valence-electron chi connectivity index (χ0n) is 17.8. The van der Waals surface area contributed by atoms with E-state index in [4.69, 9.17) is 21.1 Å². The second kappa shape index (κ2) is 9.43. The summed E-state index contributed by atoms with van der Waals surface area (Å²) < 4.78 is 10.6. The lowest BCUT2D eigenvalue weighted by Crippen LogP contribution is -2.25. The van der Waals surface area contributed by atoms with Gasteiger partial charge in [-0.2, -0.15) is 0 Å². The van der Waals surface area contributed by atoms with Crippen LogP contribution in [0.25, 0.3) is 0 Å². The number of esters is 2. The summed E-state index contributed by atoms with van der Waals surface area (Å²) in [6.45, 7) is 3.62. The molecule has 166 valence electrons. The summed E-state index contributed by atoms with van der Waals surface area (Å²) in [5.41, 5.74) is 3.09. The maximum absolute atomic E-state index is 12.8. The van der Waals surface area contributed by atoms with Crippen LogP contribution in [-0.2, 0) is 24.8 Å². The molecule has 7 heteroatoms. The Labute approximate surface area is 196 Å². The fraction of sp³-hybridized carbons (Fsp3) is 0.280. The van der Waals surface area contributed by atoms with Gasteiger partial charge in [0, 0.05) is 22.1 Å². The van der Waals surface area contributed by atoms with E-state index in [0.29, 0.717) is 16.2 Å². The van der Waals surface area contributed by atoms with E-state index in [0.717, 1.165) is 21.8 Å². The first-order valence-corrected chi connectivity index (χ1v) is 11.7. The number of carbonyl (C=O) groups is 2. The van der Waals surface area contributed by atoms with Crippen LogP contribution in [-0.4, -0.2) is 29.8 Å². The summed E-state index contributed by atoms with van der Waals surface area (Å²) in [4.78, 5) is 26.3. The largest absolute Gasteiger partial charge is 0.511 e. The number of cyclic esters (lactones) is 1. The van der Waals surface area contributed by atoms with Crippen molar-refractivity contribution in [2.24, 2.45) is 0 Å². The Balaban J connectivity index is 1.61. The van der Waals surface area contributed by atoms with Crippen LogP contribution in [0.15, 0.2) is 75.9 Å². The van der Waals surface area contributed by atoms with Crippen LogP contribution in [0.4, 0.5) is 0 Å². The highest BCUT2D eigenvalue weighted by molar-refractivity contribution is 7.98. The van der Waals surface area contributed by atoms with Crippen molar-refractivity contribution in [1.82, 2.24) is 0 Å². The average Bonchev–Trinajstić information content (AvgIpc) is 3.11. The Morgan fingerprint density at radius 3 is 2.69 bits per heavy atom. The van der Waals surface area contributed by atoms with Gasteiger partial charge in [-0.15, -0.1) is 11.8 Å². The van der Waals surface area contributed by atoms with Crippen molar-refractivity contribution >= 4 is 35.3 Å². The Bertz CT molecular complexity index is 1120. The standard InChI is InChI=1S/C25H23ClO5S/c1-14(2)31-25(29)23-20(27)11-17-12-30-24(28)22(17)21(23)16-6-8-19(9-7-16)32-13-15-4-3-5-18(26)10-15/h3-10,14,21,27H,11-13H2,1-2H3. The molecule has 0 amide bonds. The van der Waals surface area contributed by atoms with Crippen LogP contribution in [0.5, 0.6) is 0 Å². The van der Waals surface area contributed by atoms with Crippen molar-refractivity contribution in [1.29, 1.82) is 0 Å². The highest BCUT2D eigenvalue weighted by Gasteiger charge is 2.42. The summed E-state index contributed by atoms with van der Waals surface area (Å²) in [5, 5.41) is 11.4. The van der Waals surface area contributed by atoms with Crippen LogP contribution >= 0.6 is 23.4 Å². The lowest BCUT2D eigenvalue weighted by atomic mass is 9.77. The minimum absolute atomic E-state index is 0.0721.